The molecular weight excluding hydrogens is 362 g/mol. The molecule has 4 saturated carbocycles. The van der Waals surface area contributed by atoms with Gasteiger partial charge in [0.15, 0.2) is 10.8 Å². The van der Waals surface area contributed by atoms with Crippen LogP contribution < -0.4 is 0 Å². The second kappa shape index (κ2) is 8.20. The number of ketones is 1. The summed E-state index contributed by atoms with van der Waals surface area (Å²) < 4.78 is 0. The molecule has 0 aromatic carbocycles. The van der Waals surface area contributed by atoms with E-state index in [-0.39, 0.29) is 11.3 Å². The van der Waals surface area contributed by atoms with Gasteiger partial charge in [0.1, 0.15) is 0 Å². The number of Topliss-reactive ketones (excluding diaryl/α,β-unsaturated/α-hetero) is 1. The van der Waals surface area contributed by atoms with Gasteiger partial charge in [-0.05, 0) is 92.3 Å². The van der Waals surface area contributed by atoms with Crippen LogP contribution in [0.1, 0.15) is 95.3 Å². The minimum atomic E-state index is 0.226. The molecule has 0 radical (unpaired) electrons. The number of carbonyl (C=O) groups excluding carboxylic acids is 1. The molecule has 156 valence electrons. The molecule has 28 heavy (non-hydrogen) atoms. The Bertz CT molecular complexity index is 670. The maximum absolute atomic E-state index is 13.1. The maximum atomic E-state index is 13.1. The number of fused-ring (bicyclic) bond motifs is 5. The first-order valence-electron chi connectivity index (χ1n) is 12.0. The van der Waals surface area contributed by atoms with Crippen LogP contribution in [0.5, 0.6) is 0 Å². The summed E-state index contributed by atoms with van der Waals surface area (Å²) in [6, 6.07) is 0. The molecule has 1 aromatic heterocycles. The minimum Gasteiger partial charge on any atom is -0.291 e. The van der Waals surface area contributed by atoms with Crippen LogP contribution in [0.2, 0.25) is 0 Å². The van der Waals surface area contributed by atoms with Gasteiger partial charge in [0.2, 0.25) is 0 Å². The first kappa shape index (κ1) is 20.6. The number of rotatable bonds is 2. The van der Waals surface area contributed by atoms with E-state index < -0.39 is 0 Å². The van der Waals surface area contributed by atoms with E-state index in [1.54, 1.807) is 6.20 Å². The third kappa shape index (κ3) is 3.30. The normalized spacial score (nSPS) is 44.5. The quantitative estimate of drug-likeness (QED) is 0.488. The van der Waals surface area contributed by atoms with Crippen molar-refractivity contribution in [3.63, 3.8) is 0 Å². The Hall–Kier alpha value is -0.700. The second-order valence-corrected chi connectivity index (χ2v) is 11.1. The Morgan fingerprint density at radius 1 is 1.04 bits per heavy atom. The van der Waals surface area contributed by atoms with Gasteiger partial charge in [0.05, 0.1) is 0 Å². The highest BCUT2D eigenvalue weighted by atomic mass is 32.1. The van der Waals surface area contributed by atoms with Crippen LogP contribution in [-0.2, 0) is 0 Å². The van der Waals surface area contributed by atoms with Crippen LogP contribution in [0.15, 0.2) is 11.6 Å². The number of hydrogen-bond acceptors (Lipinski definition) is 3. The van der Waals surface area contributed by atoms with Crippen molar-refractivity contribution in [2.24, 2.45) is 46.8 Å². The van der Waals surface area contributed by atoms with Gasteiger partial charge in [0.25, 0.3) is 0 Å². The van der Waals surface area contributed by atoms with E-state index in [2.05, 4.69) is 18.8 Å². The van der Waals surface area contributed by atoms with E-state index in [1.165, 1.54) is 62.7 Å². The zero-order valence-electron chi connectivity index (χ0n) is 18.3. The van der Waals surface area contributed by atoms with E-state index in [4.69, 9.17) is 0 Å². The smallest absolute Gasteiger partial charge is 0.194 e. The maximum Gasteiger partial charge on any atom is 0.194 e. The topological polar surface area (TPSA) is 30.0 Å². The zero-order chi connectivity index (χ0) is 19.9. The Morgan fingerprint density at radius 2 is 1.82 bits per heavy atom. The van der Waals surface area contributed by atoms with Gasteiger partial charge in [0, 0.05) is 17.5 Å². The van der Waals surface area contributed by atoms with Crippen molar-refractivity contribution < 1.29 is 4.79 Å². The highest BCUT2D eigenvalue weighted by molar-refractivity contribution is 7.11. The molecule has 8 atom stereocenters. The SMILES string of the molecule is CC.CC1CCC2C(CCC3C2CCC2(C)C(C(=O)c4nccs4)CCC32)C1. The van der Waals surface area contributed by atoms with E-state index in [1.807, 2.05) is 19.2 Å². The molecule has 4 aliphatic rings. The van der Waals surface area contributed by atoms with E-state index in [9.17, 15) is 4.79 Å². The lowest BCUT2D eigenvalue weighted by Crippen LogP contribution is -2.49. The van der Waals surface area contributed by atoms with Crippen molar-refractivity contribution in [3.05, 3.63) is 16.6 Å². The molecule has 0 spiro atoms. The molecule has 3 heteroatoms. The molecule has 0 amide bonds. The Morgan fingerprint density at radius 3 is 2.57 bits per heavy atom. The number of aromatic nitrogens is 1. The minimum absolute atomic E-state index is 0.226. The first-order valence-corrected chi connectivity index (χ1v) is 12.9. The second-order valence-electron chi connectivity index (χ2n) is 10.2. The Kier molecular flexibility index (Phi) is 6.03. The van der Waals surface area contributed by atoms with Crippen LogP contribution in [-0.4, -0.2) is 10.8 Å². The summed E-state index contributed by atoms with van der Waals surface area (Å²) in [5.41, 5.74) is 0.235. The molecule has 8 unspecified atom stereocenters. The molecular formula is C25H39NOS. The lowest BCUT2D eigenvalue weighted by Gasteiger charge is -2.56. The fraction of sp³-hybridized carbons (Fsp3) is 0.840. The highest BCUT2D eigenvalue weighted by Crippen LogP contribution is 2.64. The third-order valence-electron chi connectivity index (χ3n) is 9.18. The summed E-state index contributed by atoms with van der Waals surface area (Å²) in [7, 11) is 0. The molecule has 4 fully saturated rings. The Balaban J connectivity index is 0.000000932. The van der Waals surface area contributed by atoms with Gasteiger partial charge in [-0.2, -0.15) is 0 Å². The van der Waals surface area contributed by atoms with Gasteiger partial charge < -0.3 is 0 Å². The largest absolute Gasteiger partial charge is 0.291 e. The molecule has 1 heterocycles. The zero-order valence-corrected chi connectivity index (χ0v) is 19.1. The predicted molar refractivity (Wildman–Crippen MR) is 118 cm³/mol. The third-order valence-corrected chi connectivity index (χ3v) is 9.96. The Labute approximate surface area is 175 Å². The molecule has 0 N–H and O–H groups in total. The summed E-state index contributed by atoms with van der Waals surface area (Å²) in [5.74, 6) is 6.20. The van der Waals surface area contributed by atoms with Crippen molar-refractivity contribution in [3.8, 4) is 0 Å². The molecule has 5 rings (SSSR count). The molecule has 0 saturated heterocycles. The lowest BCUT2D eigenvalue weighted by molar-refractivity contribution is -0.0634. The van der Waals surface area contributed by atoms with Gasteiger partial charge in [-0.3, -0.25) is 4.79 Å². The van der Waals surface area contributed by atoms with Crippen molar-refractivity contribution >= 4 is 17.1 Å². The van der Waals surface area contributed by atoms with E-state index >= 15 is 0 Å². The monoisotopic (exact) mass is 401 g/mol. The van der Waals surface area contributed by atoms with Crippen molar-refractivity contribution in [2.45, 2.75) is 85.5 Å². The fourth-order valence-corrected chi connectivity index (χ4v) is 8.64. The van der Waals surface area contributed by atoms with Crippen LogP contribution in [0.3, 0.4) is 0 Å². The summed E-state index contributed by atoms with van der Waals surface area (Å²) in [6.07, 6.45) is 14.2. The van der Waals surface area contributed by atoms with Crippen LogP contribution in [0.25, 0.3) is 0 Å². The van der Waals surface area contributed by atoms with Crippen LogP contribution >= 0.6 is 11.3 Å². The van der Waals surface area contributed by atoms with Crippen molar-refractivity contribution in [1.82, 2.24) is 4.98 Å². The fourth-order valence-electron chi connectivity index (χ4n) is 8.01. The molecule has 1 aromatic rings. The summed E-state index contributed by atoms with van der Waals surface area (Å²) in [6.45, 7) is 8.93. The molecule has 4 aliphatic carbocycles. The first-order chi connectivity index (χ1) is 13.6. The van der Waals surface area contributed by atoms with Gasteiger partial charge in [-0.25, -0.2) is 4.98 Å². The summed E-state index contributed by atoms with van der Waals surface area (Å²) >= 11 is 1.53. The summed E-state index contributed by atoms with van der Waals surface area (Å²) in [4.78, 5) is 17.5. The van der Waals surface area contributed by atoms with Gasteiger partial charge >= 0.3 is 0 Å². The number of thiazole rings is 1. The van der Waals surface area contributed by atoms with Crippen molar-refractivity contribution in [1.29, 1.82) is 0 Å². The van der Waals surface area contributed by atoms with Gasteiger partial charge in [-0.1, -0.05) is 34.1 Å². The van der Waals surface area contributed by atoms with Crippen LogP contribution in [0, 0.1) is 46.8 Å². The van der Waals surface area contributed by atoms with E-state index in [0.29, 0.717) is 5.78 Å². The lowest BCUT2D eigenvalue weighted by atomic mass is 9.49. The molecule has 0 bridgehead atoms. The predicted octanol–water partition coefficient (Wildman–Crippen LogP) is 7.26. The highest BCUT2D eigenvalue weighted by Gasteiger charge is 2.58. The number of hydrogen-bond donors (Lipinski definition) is 0. The average molecular weight is 402 g/mol. The van der Waals surface area contributed by atoms with Crippen LogP contribution in [0.4, 0.5) is 0 Å². The average Bonchev–Trinajstić information content (AvgIpc) is 3.36. The molecule has 2 nitrogen and oxygen atoms in total. The standard InChI is InChI=1S/C23H33NOS.C2H6/c1-14-3-5-16-15(13-14)4-6-18-17(16)9-10-23(2)19(18)7-8-20(23)21(25)22-24-11-12-26-22;1-2/h11-12,14-20H,3-10,13H2,1-2H3;1-2H3. The summed E-state index contributed by atoms with van der Waals surface area (Å²) in [5, 5.41) is 2.70. The number of carbonyl (C=O) groups is 1. The van der Waals surface area contributed by atoms with Crippen molar-refractivity contribution in [2.75, 3.05) is 0 Å². The van der Waals surface area contributed by atoms with Gasteiger partial charge in [-0.15, -0.1) is 11.3 Å². The van der Waals surface area contributed by atoms with E-state index in [0.717, 1.165) is 46.9 Å². The molecule has 0 aliphatic heterocycles. The number of nitrogens with zero attached hydrogens (tertiary/aromatic N) is 1.